The molecule has 1 N–H and O–H groups in total. The molecule has 0 atom stereocenters. The number of piperidine rings is 1. The van der Waals surface area contributed by atoms with Gasteiger partial charge in [0.2, 0.25) is 0 Å². The Hall–Kier alpha value is -2.78. The third kappa shape index (κ3) is 3.51. The molecule has 3 aromatic carbocycles. The van der Waals surface area contributed by atoms with Gasteiger partial charge in [-0.05, 0) is 68.6 Å². The summed E-state index contributed by atoms with van der Waals surface area (Å²) in [5, 5.41) is 12.8. The number of fused-ring (bicyclic) bond motifs is 3. The lowest BCUT2D eigenvalue weighted by Crippen LogP contribution is -2.34. The number of phenolic OH excluding ortho intramolecular Hbond substituents is 1. The summed E-state index contributed by atoms with van der Waals surface area (Å²) in [4.78, 5) is 2.59. The molecule has 148 valence electrons. The summed E-state index contributed by atoms with van der Waals surface area (Å²) in [6, 6.07) is 25.3. The number of rotatable bonds is 5. The van der Waals surface area contributed by atoms with E-state index in [4.69, 9.17) is 0 Å². The lowest BCUT2D eigenvalue weighted by molar-refractivity contribution is 0.206. The van der Waals surface area contributed by atoms with Gasteiger partial charge in [-0.2, -0.15) is 0 Å². The fourth-order valence-corrected chi connectivity index (χ4v) is 5.00. The van der Waals surface area contributed by atoms with Crippen LogP contribution < -0.4 is 0 Å². The highest BCUT2D eigenvalue weighted by molar-refractivity contribution is 6.07. The van der Waals surface area contributed by atoms with Gasteiger partial charge in [0, 0.05) is 28.4 Å². The standard InChI is InChI=1S/C26H28N2O/c29-26-13-6-3-8-21(26)20-14-18-27(19-15-20)16-7-17-28-24-11-4-1-9-22(24)23-10-2-5-12-25(23)28/h1-6,8-13,20,29H,7,14-19H2. The SMILES string of the molecule is Oc1ccccc1C1CCN(CCCn2c3ccccc3c3ccccc32)CC1. The number of aromatic nitrogens is 1. The van der Waals surface area contributed by atoms with E-state index in [0.29, 0.717) is 11.7 Å². The van der Waals surface area contributed by atoms with E-state index in [1.807, 2.05) is 18.2 Å². The zero-order valence-electron chi connectivity index (χ0n) is 16.8. The van der Waals surface area contributed by atoms with Crippen LogP contribution >= 0.6 is 0 Å². The van der Waals surface area contributed by atoms with Gasteiger partial charge in [-0.3, -0.25) is 0 Å². The van der Waals surface area contributed by atoms with E-state index in [1.165, 1.54) is 21.8 Å². The summed E-state index contributed by atoms with van der Waals surface area (Å²) in [6.45, 7) is 4.42. The topological polar surface area (TPSA) is 28.4 Å². The highest BCUT2D eigenvalue weighted by Gasteiger charge is 2.22. The molecule has 1 fully saturated rings. The van der Waals surface area contributed by atoms with Crippen LogP contribution in [0.5, 0.6) is 5.75 Å². The third-order valence-electron chi connectivity index (χ3n) is 6.50. The lowest BCUT2D eigenvalue weighted by Gasteiger charge is -2.32. The maximum absolute atomic E-state index is 10.1. The van der Waals surface area contributed by atoms with Gasteiger partial charge in [0.15, 0.2) is 0 Å². The van der Waals surface area contributed by atoms with Crippen LogP contribution in [0.2, 0.25) is 0 Å². The molecule has 1 aliphatic rings. The molecule has 3 nitrogen and oxygen atoms in total. The predicted molar refractivity (Wildman–Crippen MR) is 121 cm³/mol. The third-order valence-corrected chi connectivity index (χ3v) is 6.50. The van der Waals surface area contributed by atoms with Crippen molar-refractivity contribution in [3.63, 3.8) is 0 Å². The summed E-state index contributed by atoms with van der Waals surface area (Å²) in [5.41, 5.74) is 3.80. The van der Waals surface area contributed by atoms with Crippen LogP contribution in [0.15, 0.2) is 72.8 Å². The molecular formula is C26H28N2O. The number of phenols is 1. The molecule has 0 aliphatic carbocycles. The monoisotopic (exact) mass is 384 g/mol. The van der Waals surface area contributed by atoms with Gasteiger partial charge in [-0.1, -0.05) is 54.6 Å². The molecule has 1 saturated heterocycles. The van der Waals surface area contributed by atoms with Crippen LogP contribution in [-0.2, 0) is 6.54 Å². The number of para-hydroxylation sites is 3. The van der Waals surface area contributed by atoms with Crippen molar-refractivity contribution in [2.45, 2.75) is 31.7 Å². The fraction of sp³-hybridized carbons (Fsp3) is 0.308. The van der Waals surface area contributed by atoms with Gasteiger partial charge in [-0.25, -0.2) is 0 Å². The minimum absolute atomic E-state index is 0.456. The summed E-state index contributed by atoms with van der Waals surface area (Å²) in [6.07, 6.45) is 3.42. The van der Waals surface area contributed by atoms with Gasteiger partial charge in [0.25, 0.3) is 0 Å². The van der Waals surface area contributed by atoms with Crippen molar-refractivity contribution in [3.05, 3.63) is 78.4 Å². The van der Waals surface area contributed by atoms with Crippen molar-refractivity contribution in [1.82, 2.24) is 9.47 Å². The molecule has 0 spiro atoms. The Morgan fingerprint density at radius 2 is 1.31 bits per heavy atom. The van der Waals surface area contributed by atoms with E-state index in [2.05, 4.69) is 64.1 Å². The quantitative estimate of drug-likeness (QED) is 0.473. The van der Waals surface area contributed by atoms with Crippen LogP contribution in [0, 0.1) is 0 Å². The second-order valence-corrected chi connectivity index (χ2v) is 8.21. The Balaban J connectivity index is 1.23. The van der Waals surface area contributed by atoms with Crippen LogP contribution in [0.25, 0.3) is 21.8 Å². The number of benzene rings is 3. The molecule has 3 heteroatoms. The smallest absolute Gasteiger partial charge is 0.119 e. The van der Waals surface area contributed by atoms with E-state index in [0.717, 1.165) is 51.0 Å². The summed E-state index contributed by atoms with van der Waals surface area (Å²) < 4.78 is 2.49. The van der Waals surface area contributed by atoms with Crippen LogP contribution in [-0.4, -0.2) is 34.2 Å². The van der Waals surface area contributed by atoms with E-state index in [-0.39, 0.29) is 0 Å². The molecule has 1 aliphatic heterocycles. The Labute approximate surface area is 172 Å². The normalized spacial score (nSPS) is 16.0. The average molecular weight is 385 g/mol. The molecule has 1 aromatic heterocycles. The predicted octanol–water partition coefficient (Wildman–Crippen LogP) is 5.77. The number of aryl methyl sites for hydroxylation is 1. The van der Waals surface area contributed by atoms with Crippen molar-refractivity contribution >= 4 is 21.8 Å². The molecule has 0 saturated carbocycles. The Morgan fingerprint density at radius 3 is 1.97 bits per heavy atom. The molecule has 5 rings (SSSR count). The van der Waals surface area contributed by atoms with E-state index >= 15 is 0 Å². The number of hydrogen-bond donors (Lipinski definition) is 1. The highest BCUT2D eigenvalue weighted by atomic mass is 16.3. The number of likely N-dealkylation sites (tertiary alicyclic amines) is 1. The second kappa shape index (κ2) is 7.92. The Morgan fingerprint density at radius 1 is 0.724 bits per heavy atom. The zero-order chi connectivity index (χ0) is 19.6. The average Bonchev–Trinajstić information content (AvgIpc) is 3.09. The zero-order valence-corrected chi connectivity index (χ0v) is 16.8. The Bertz CT molecular complexity index is 1070. The summed E-state index contributed by atoms with van der Waals surface area (Å²) in [5.74, 6) is 0.946. The van der Waals surface area contributed by atoms with Crippen LogP contribution in [0.1, 0.15) is 30.7 Å². The van der Waals surface area contributed by atoms with E-state index in [1.54, 1.807) is 0 Å². The van der Waals surface area contributed by atoms with Crippen molar-refractivity contribution in [2.75, 3.05) is 19.6 Å². The number of nitrogens with zero attached hydrogens (tertiary/aromatic N) is 2. The first kappa shape index (κ1) is 18.3. The van der Waals surface area contributed by atoms with Gasteiger partial charge >= 0.3 is 0 Å². The summed E-state index contributed by atoms with van der Waals surface area (Å²) in [7, 11) is 0. The first-order valence-corrected chi connectivity index (χ1v) is 10.8. The first-order chi connectivity index (χ1) is 14.3. The Kier molecular flexibility index (Phi) is 4.99. The van der Waals surface area contributed by atoms with Gasteiger partial charge < -0.3 is 14.6 Å². The van der Waals surface area contributed by atoms with Gasteiger partial charge in [0.05, 0.1) is 0 Å². The van der Waals surface area contributed by atoms with Crippen molar-refractivity contribution < 1.29 is 5.11 Å². The van der Waals surface area contributed by atoms with Crippen molar-refractivity contribution in [2.24, 2.45) is 0 Å². The number of aromatic hydroxyl groups is 1. The van der Waals surface area contributed by atoms with E-state index in [9.17, 15) is 5.11 Å². The molecule has 0 bridgehead atoms. The van der Waals surface area contributed by atoms with E-state index < -0.39 is 0 Å². The number of hydrogen-bond acceptors (Lipinski definition) is 2. The molecule has 29 heavy (non-hydrogen) atoms. The van der Waals surface area contributed by atoms with Gasteiger partial charge in [-0.15, -0.1) is 0 Å². The molecular weight excluding hydrogens is 356 g/mol. The maximum atomic E-state index is 10.1. The molecule has 0 unspecified atom stereocenters. The molecule has 0 amide bonds. The first-order valence-electron chi connectivity index (χ1n) is 10.8. The fourth-order valence-electron chi connectivity index (χ4n) is 5.00. The summed E-state index contributed by atoms with van der Waals surface area (Å²) >= 11 is 0. The second-order valence-electron chi connectivity index (χ2n) is 8.21. The minimum atomic E-state index is 0.456. The van der Waals surface area contributed by atoms with Crippen molar-refractivity contribution in [1.29, 1.82) is 0 Å². The van der Waals surface area contributed by atoms with Crippen molar-refractivity contribution in [3.8, 4) is 5.75 Å². The maximum Gasteiger partial charge on any atom is 0.119 e. The minimum Gasteiger partial charge on any atom is -0.508 e. The largest absolute Gasteiger partial charge is 0.508 e. The lowest BCUT2D eigenvalue weighted by atomic mass is 9.89. The van der Waals surface area contributed by atoms with Crippen LogP contribution in [0.3, 0.4) is 0 Å². The molecule has 2 heterocycles. The van der Waals surface area contributed by atoms with Gasteiger partial charge in [0.1, 0.15) is 5.75 Å². The molecule has 0 radical (unpaired) electrons. The van der Waals surface area contributed by atoms with Crippen LogP contribution in [0.4, 0.5) is 0 Å². The highest BCUT2D eigenvalue weighted by Crippen LogP contribution is 2.33. The molecule has 4 aromatic rings.